The van der Waals surface area contributed by atoms with Crippen LogP contribution in [0.4, 0.5) is 0 Å². The molecule has 1 N–H and O–H groups in total. The molecule has 21 heavy (non-hydrogen) atoms. The van der Waals surface area contributed by atoms with Gasteiger partial charge in [0.05, 0.1) is 0 Å². The highest BCUT2D eigenvalue weighted by Crippen LogP contribution is 2.24. The lowest BCUT2D eigenvalue weighted by Crippen LogP contribution is -2.46. The highest BCUT2D eigenvalue weighted by Gasteiger charge is 2.25. The van der Waals surface area contributed by atoms with Crippen LogP contribution < -0.4 is 5.32 Å². The van der Waals surface area contributed by atoms with Crippen molar-refractivity contribution in [2.24, 2.45) is 0 Å². The predicted molar refractivity (Wildman–Crippen MR) is 93.8 cm³/mol. The second kappa shape index (κ2) is 9.22. The lowest BCUT2D eigenvalue weighted by atomic mass is 9.96. The molecule has 0 fully saturated rings. The molecule has 1 aromatic rings. The van der Waals surface area contributed by atoms with E-state index in [4.69, 9.17) is 0 Å². The molecule has 2 nitrogen and oxygen atoms in total. The number of hydrogen-bond acceptors (Lipinski definition) is 2. The third-order valence-electron chi connectivity index (χ3n) is 4.70. The van der Waals surface area contributed by atoms with E-state index in [9.17, 15) is 0 Å². The molecule has 0 spiro atoms. The molecule has 0 aliphatic rings. The molecule has 1 aromatic carbocycles. The van der Waals surface area contributed by atoms with Gasteiger partial charge in [0, 0.05) is 18.1 Å². The van der Waals surface area contributed by atoms with Crippen LogP contribution in [0.15, 0.2) is 24.3 Å². The van der Waals surface area contributed by atoms with Gasteiger partial charge in [-0.3, -0.25) is 4.90 Å². The van der Waals surface area contributed by atoms with Gasteiger partial charge >= 0.3 is 0 Å². The normalized spacial score (nSPS) is 16.0. The summed E-state index contributed by atoms with van der Waals surface area (Å²) in [5.41, 5.74) is 2.82. The standard InChI is InChI=1S/C19H34N2/c1-7-15(5)21(10-4)16(6)19(20-9-3)18-13-11-17(8-2)12-14-18/h11-16,19-20H,7-10H2,1-6H3. The Hall–Kier alpha value is -0.860. The molecule has 1 rings (SSSR count). The number of likely N-dealkylation sites (N-methyl/N-ethyl adjacent to an activating group) is 2. The molecule has 0 saturated carbocycles. The number of nitrogens with one attached hydrogen (secondary N) is 1. The summed E-state index contributed by atoms with van der Waals surface area (Å²) in [7, 11) is 0. The Morgan fingerprint density at radius 3 is 2.05 bits per heavy atom. The van der Waals surface area contributed by atoms with Gasteiger partial charge < -0.3 is 5.32 Å². The smallest absolute Gasteiger partial charge is 0.0475 e. The third-order valence-corrected chi connectivity index (χ3v) is 4.70. The summed E-state index contributed by atoms with van der Waals surface area (Å²) >= 11 is 0. The van der Waals surface area contributed by atoms with Gasteiger partial charge in [-0.15, -0.1) is 0 Å². The van der Waals surface area contributed by atoms with Gasteiger partial charge in [-0.1, -0.05) is 52.0 Å². The number of hydrogen-bond donors (Lipinski definition) is 1. The van der Waals surface area contributed by atoms with Gasteiger partial charge in [-0.2, -0.15) is 0 Å². The molecule has 0 aromatic heterocycles. The second-order valence-corrected chi connectivity index (χ2v) is 5.96. The highest BCUT2D eigenvalue weighted by molar-refractivity contribution is 5.26. The van der Waals surface area contributed by atoms with E-state index in [1.807, 2.05) is 0 Å². The second-order valence-electron chi connectivity index (χ2n) is 5.96. The summed E-state index contributed by atoms with van der Waals surface area (Å²) in [5, 5.41) is 3.69. The average Bonchev–Trinajstić information content (AvgIpc) is 2.53. The van der Waals surface area contributed by atoms with Crippen molar-refractivity contribution in [3.05, 3.63) is 35.4 Å². The van der Waals surface area contributed by atoms with Crippen molar-refractivity contribution in [2.75, 3.05) is 13.1 Å². The van der Waals surface area contributed by atoms with Crippen molar-refractivity contribution < 1.29 is 0 Å². The summed E-state index contributed by atoms with van der Waals surface area (Å²) < 4.78 is 0. The van der Waals surface area contributed by atoms with Crippen LogP contribution in [0.2, 0.25) is 0 Å². The van der Waals surface area contributed by atoms with Gasteiger partial charge in [-0.05, 0) is 50.9 Å². The summed E-state index contributed by atoms with van der Waals surface area (Å²) in [6.07, 6.45) is 2.31. The number of aryl methyl sites for hydroxylation is 1. The van der Waals surface area contributed by atoms with E-state index < -0.39 is 0 Å². The largest absolute Gasteiger partial charge is 0.309 e. The van der Waals surface area contributed by atoms with Crippen LogP contribution in [-0.4, -0.2) is 30.1 Å². The van der Waals surface area contributed by atoms with Crippen molar-refractivity contribution in [1.82, 2.24) is 10.2 Å². The summed E-state index contributed by atoms with van der Waals surface area (Å²) in [6, 6.07) is 10.7. The Kier molecular flexibility index (Phi) is 7.98. The number of rotatable bonds is 9. The van der Waals surface area contributed by atoms with Crippen LogP contribution in [0.5, 0.6) is 0 Å². The quantitative estimate of drug-likeness (QED) is 0.725. The minimum absolute atomic E-state index is 0.398. The van der Waals surface area contributed by atoms with Gasteiger partial charge in [0.15, 0.2) is 0 Å². The summed E-state index contributed by atoms with van der Waals surface area (Å²) in [5.74, 6) is 0. The molecular formula is C19H34N2. The van der Waals surface area contributed by atoms with Crippen LogP contribution in [0.3, 0.4) is 0 Å². The number of benzene rings is 1. The molecular weight excluding hydrogens is 256 g/mol. The van der Waals surface area contributed by atoms with Gasteiger partial charge in [0.1, 0.15) is 0 Å². The van der Waals surface area contributed by atoms with Crippen LogP contribution in [-0.2, 0) is 6.42 Å². The molecule has 3 unspecified atom stereocenters. The molecule has 3 atom stereocenters. The highest BCUT2D eigenvalue weighted by atomic mass is 15.2. The fourth-order valence-corrected chi connectivity index (χ4v) is 3.17. The van der Waals surface area contributed by atoms with E-state index in [1.54, 1.807) is 0 Å². The molecule has 0 bridgehead atoms. The first kappa shape index (κ1) is 18.2. The Bertz CT molecular complexity index is 385. The van der Waals surface area contributed by atoms with Crippen molar-refractivity contribution in [3.63, 3.8) is 0 Å². The first-order valence-corrected chi connectivity index (χ1v) is 8.66. The zero-order valence-electron chi connectivity index (χ0n) is 14.8. The fourth-order valence-electron chi connectivity index (χ4n) is 3.17. The lowest BCUT2D eigenvalue weighted by molar-refractivity contribution is 0.128. The molecule has 0 aliphatic carbocycles. The summed E-state index contributed by atoms with van der Waals surface area (Å²) in [6.45, 7) is 15.7. The Labute approximate surface area is 131 Å². The van der Waals surface area contributed by atoms with Crippen LogP contribution in [0, 0.1) is 0 Å². The molecule has 0 heterocycles. The number of nitrogens with zero attached hydrogens (tertiary/aromatic N) is 1. The Morgan fingerprint density at radius 2 is 1.62 bits per heavy atom. The topological polar surface area (TPSA) is 15.3 Å². The van der Waals surface area contributed by atoms with E-state index in [-0.39, 0.29) is 0 Å². The monoisotopic (exact) mass is 290 g/mol. The van der Waals surface area contributed by atoms with E-state index in [0.717, 1.165) is 19.5 Å². The predicted octanol–water partition coefficient (Wildman–Crippen LogP) is 4.41. The molecule has 0 amide bonds. The maximum absolute atomic E-state index is 3.69. The zero-order valence-corrected chi connectivity index (χ0v) is 14.8. The molecule has 0 aliphatic heterocycles. The minimum atomic E-state index is 0.398. The van der Waals surface area contributed by atoms with Gasteiger partial charge in [0.2, 0.25) is 0 Å². The Morgan fingerprint density at radius 1 is 1.00 bits per heavy atom. The Balaban J connectivity index is 2.97. The zero-order chi connectivity index (χ0) is 15.8. The molecule has 0 radical (unpaired) electrons. The molecule has 0 saturated heterocycles. The van der Waals surface area contributed by atoms with E-state index in [2.05, 4.69) is 76.0 Å². The molecule has 120 valence electrons. The molecule has 2 heteroatoms. The van der Waals surface area contributed by atoms with Crippen LogP contribution >= 0.6 is 0 Å². The SMILES string of the molecule is CCNC(c1ccc(CC)cc1)C(C)N(CC)C(C)CC. The average molecular weight is 290 g/mol. The third kappa shape index (κ3) is 4.82. The van der Waals surface area contributed by atoms with Gasteiger partial charge in [0.25, 0.3) is 0 Å². The van der Waals surface area contributed by atoms with E-state index in [0.29, 0.717) is 18.1 Å². The van der Waals surface area contributed by atoms with E-state index >= 15 is 0 Å². The van der Waals surface area contributed by atoms with Crippen molar-refractivity contribution >= 4 is 0 Å². The maximum atomic E-state index is 3.69. The van der Waals surface area contributed by atoms with Crippen molar-refractivity contribution in [1.29, 1.82) is 0 Å². The fraction of sp³-hybridized carbons (Fsp3) is 0.684. The summed E-state index contributed by atoms with van der Waals surface area (Å²) in [4.78, 5) is 2.61. The minimum Gasteiger partial charge on any atom is -0.309 e. The van der Waals surface area contributed by atoms with Crippen molar-refractivity contribution in [2.45, 2.75) is 72.5 Å². The van der Waals surface area contributed by atoms with Gasteiger partial charge in [-0.25, -0.2) is 0 Å². The van der Waals surface area contributed by atoms with E-state index in [1.165, 1.54) is 17.5 Å². The van der Waals surface area contributed by atoms with Crippen molar-refractivity contribution in [3.8, 4) is 0 Å². The van der Waals surface area contributed by atoms with Crippen LogP contribution in [0.1, 0.15) is 65.1 Å². The maximum Gasteiger partial charge on any atom is 0.0475 e. The first-order chi connectivity index (χ1) is 10.1. The lowest BCUT2D eigenvalue weighted by Gasteiger charge is -2.38. The van der Waals surface area contributed by atoms with Crippen LogP contribution in [0.25, 0.3) is 0 Å². The first-order valence-electron chi connectivity index (χ1n) is 8.66.